The first kappa shape index (κ1) is 23.7. The van der Waals surface area contributed by atoms with Crippen molar-refractivity contribution in [2.24, 2.45) is 0 Å². The van der Waals surface area contributed by atoms with Crippen LogP contribution in [0, 0.1) is 6.92 Å². The van der Waals surface area contributed by atoms with Crippen LogP contribution in [-0.2, 0) is 4.74 Å². The van der Waals surface area contributed by atoms with Crippen LogP contribution in [-0.4, -0.2) is 51.6 Å². The van der Waals surface area contributed by atoms with E-state index in [9.17, 15) is 18.0 Å². The van der Waals surface area contributed by atoms with Crippen LogP contribution in [0.2, 0.25) is 0 Å². The van der Waals surface area contributed by atoms with Crippen LogP contribution < -0.4 is 10.6 Å². The number of alkyl halides is 3. The minimum absolute atomic E-state index is 0.275. The predicted molar refractivity (Wildman–Crippen MR) is 120 cm³/mol. The molecule has 3 aromatic rings. The highest BCUT2D eigenvalue weighted by Gasteiger charge is 2.26. The summed E-state index contributed by atoms with van der Waals surface area (Å²) in [5.41, 5.74) is 3.32. The molecule has 180 valence electrons. The van der Waals surface area contributed by atoms with Crippen molar-refractivity contribution < 1.29 is 22.7 Å². The number of rotatable bonds is 7. The summed E-state index contributed by atoms with van der Waals surface area (Å²) in [7, 11) is 0. The lowest BCUT2D eigenvalue weighted by molar-refractivity contribution is -0.132. The fourth-order valence-corrected chi connectivity index (χ4v) is 3.67. The van der Waals surface area contributed by atoms with E-state index < -0.39 is 25.0 Å². The average Bonchev–Trinajstić information content (AvgIpc) is 3.29. The lowest BCUT2D eigenvalue weighted by Crippen LogP contribution is -2.27. The molecule has 0 bridgehead atoms. The Morgan fingerprint density at radius 2 is 1.91 bits per heavy atom. The third-order valence-electron chi connectivity index (χ3n) is 5.51. The Labute approximate surface area is 194 Å². The second-order valence-corrected chi connectivity index (χ2v) is 8.10. The van der Waals surface area contributed by atoms with E-state index in [0.29, 0.717) is 17.7 Å². The topological polar surface area (TPSA) is 94.0 Å². The van der Waals surface area contributed by atoms with Gasteiger partial charge >= 0.3 is 6.18 Å². The van der Waals surface area contributed by atoms with Gasteiger partial charge in [-0.25, -0.2) is 9.97 Å². The molecule has 1 amide bonds. The molecule has 34 heavy (non-hydrogen) atoms. The lowest BCUT2D eigenvalue weighted by atomic mass is 10.1. The molecule has 0 aliphatic carbocycles. The summed E-state index contributed by atoms with van der Waals surface area (Å²) in [6.45, 7) is 2.87. The van der Waals surface area contributed by atoms with Crippen molar-refractivity contribution in [3.63, 3.8) is 0 Å². The van der Waals surface area contributed by atoms with Crippen LogP contribution in [0.15, 0.2) is 42.9 Å². The molecule has 0 unspecified atom stereocenters. The van der Waals surface area contributed by atoms with Gasteiger partial charge in [-0.1, -0.05) is 12.1 Å². The minimum Gasteiger partial charge on any atom is -0.381 e. The summed E-state index contributed by atoms with van der Waals surface area (Å²) in [5, 5.41) is 9.89. The number of nitrogens with zero attached hydrogens (tertiary/aromatic N) is 4. The zero-order chi connectivity index (χ0) is 24.1. The maximum Gasteiger partial charge on any atom is 0.390 e. The Kier molecular flexibility index (Phi) is 7.11. The number of ether oxygens (including phenoxy) is 1. The number of hydrogen-bond donors (Lipinski definition) is 2. The second kappa shape index (κ2) is 10.2. The third kappa shape index (κ3) is 6.10. The van der Waals surface area contributed by atoms with Crippen molar-refractivity contribution in [2.75, 3.05) is 25.1 Å². The molecule has 1 aliphatic heterocycles. The second-order valence-electron chi connectivity index (χ2n) is 8.10. The highest BCUT2D eigenvalue weighted by Crippen LogP contribution is 2.25. The van der Waals surface area contributed by atoms with E-state index in [0.717, 1.165) is 42.9 Å². The fraction of sp³-hybridized carbons (Fsp3) is 0.391. The zero-order valence-corrected chi connectivity index (χ0v) is 18.6. The molecule has 2 N–H and O–H groups in total. The van der Waals surface area contributed by atoms with E-state index in [-0.39, 0.29) is 5.56 Å². The van der Waals surface area contributed by atoms with Crippen molar-refractivity contribution in [3.8, 4) is 11.3 Å². The van der Waals surface area contributed by atoms with Gasteiger partial charge in [0.15, 0.2) is 0 Å². The molecule has 2 aromatic heterocycles. The van der Waals surface area contributed by atoms with E-state index in [1.54, 1.807) is 36.7 Å². The van der Waals surface area contributed by atoms with E-state index >= 15 is 0 Å². The molecule has 0 spiro atoms. The van der Waals surface area contributed by atoms with Crippen molar-refractivity contribution in [1.29, 1.82) is 0 Å². The molecule has 8 nitrogen and oxygen atoms in total. The van der Waals surface area contributed by atoms with Crippen LogP contribution in [0.25, 0.3) is 11.3 Å². The summed E-state index contributed by atoms with van der Waals surface area (Å²) in [5.74, 6) is -0.153. The molecule has 0 atom stereocenters. The quantitative estimate of drug-likeness (QED) is 0.526. The van der Waals surface area contributed by atoms with Crippen molar-refractivity contribution in [3.05, 3.63) is 54.0 Å². The van der Waals surface area contributed by atoms with Crippen LogP contribution in [0.1, 0.15) is 41.2 Å². The zero-order valence-electron chi connectivity index (χ0n) is 18.6. The van der Waals surface area contributed by atoms with E-state index in [1.165, 1.54) is 0 Å². The number of nitrogens with one attached hydrogen (secondary N) is 2. The number of carbonyl (C=O) groups excluding carboxylic acids is 1. The normalized spacial score (nSPS) is 14.7. The van der Waals surface area contributed by atoms with Gasteiger partial charge in [0, 0.05) is 43.3 Å². The average molecular weight is 474 g/mol. The van der Waals surface area contributed by atoms with Gasteiger partial charge in [0.2, 0.25) is 5.95 Å². The number of halogens is 3. The first-order valence-electron chi connectivity index (χ1n) is 11.0. The molecule has 1 aromatic carbocycles. The van der Waals surface area contributed by atoms with Crippen molar-refractivity contribution >= 4 is 17.5 Å². The number of anilines is 2. The van der Waals surface area contributed by atoms with E-state index in [2.05, 4.69) is 25.7 Å². The largest absolute Gasteiger partial charge is 0.390 e. The molecular formula is C23H25F3N6O2. The Morgan fingerprint density at radius 3 is 2.62 bits per heavy atom. The monoisotopic (exact) mass is 474 g/mol. The van der Waals surface area contributed by atoms with Gasteiger partial charge in [-0.05, 0) is 37.5 Å². The van der Waals surface area contributed by atoms with E-state index in [4.69, 9.17) is 4.74 Å². The third-order valence-corrected chi connectivity index (χ3v) is 5.51. The Bertz CT molecular complexity index is 1120. The number of aryl methyl sites for hydroxylation is 1. The maximum absolute atomic E-state index is 12.3. The van der Waals surface area contributed by atoms with Gasteiger partial charge in [-0.2, -0.15) is 18.3 Å². The molecule has 11 heteroatoms. The van der Waals surface area contributed by atoms with Crippen molar-refractivity contribution in [2.45, 2.75) is 38.4 Å². The van der Waals surface area contributed by atoms with Crippen LogP contribution in [0.4, 0.5) is 24.8 Å². The summed E-state index contributed by atoms with van der Waals surface area (Å²) in [6, 6.07) is 6.85. The van der Waals surface area contributed by atoms with Gasteiger partial charge in [0.25, 0.3) is 5.91 Å². The lowest BCUT2D eigenvalue weighted by Gasteiger charge is -2.22. The van der Waals surface area contributed by atoms with Gasteiger partial charge < -0.3 is 15.4 Å². The number of carbonyl (C=O) groups is 1. The Balaban J connectivity index is 1.43. The minimum atomic E-state index is -4.31. The highest BCUT2D eigenvalue weighted by molar-refractivity contribution is 5.94. The molecular weight excluding hydrogens is 449 g/mol. The SMILES string of the molecule is Cc1cnc(Nc2cnn(C3CCOCC3)c2)nc1-c1ccc(C(=O)NCCC(F)(F)F)cc1. The summed E-state index contributed by atoms with van der Waals surface area (Å²) in [4.78, 5) is 21.0. The number of hydrogen-bond acceptors (Lipinski definition) is 6. The Morgan fingerprint density at radius 1 is 1.18 bits per heavy atom. The number of benzene rings is 1. The molecule has 0 radical (unpaired) electrons. The smallest absolute Gasteiger partial charge is 0.381 e. The Hall–Kier alpha value is -3.47. The van der Waals surface area contributed by atoms with Crippen LogP contribution in [0.3, 0.4) is 0 Å². The molecule has 3 heterocycles. The van der Waals surface area contributed by atoms with Crippen LogP contribution in [0.5, 0.6) is 0 Å². The highest BCUT2D eigenvalue weighted by atomic mass is 19.4. The summed E-state index contributed by atoms with van der Waals surface area (Å²) >= 11 is 0. The van der Waals surface area contributed by atoms with Gasteiger partial charge in [0.05, 0.1) is 30.0 Å². The molecule has 1 fully saturated rings. The van der Waals surface area contributed by atoms with Crippen molar-refractivity contribution in [1.82, 2.24) is 25.1 Å². The summed E-state index contributed by atoms with van der Waals surface area (Å²) in [6.07, 6.45) is 1.81. The standard InChI is InChI=1S/C23H25F3N6O2/c1-15-12-28-22(30-18-13-29-32(14-18)19-6-10-34-11-7-19)31-20(15)16-2-4-17(5-3-16)21(33)27-9-8-23(24,25)26/h2-5,12-14,19H,6-11H2,1H3,(H,27,33)(H,28,30,31). The van der Waals surface area contributed by atoms with Gasteiger partial charge in [-0.15, -0.1) is 0 Å². The molecule has 1 saturated heterocycles. The predicted octanol–water partition coefficient (Wildman–Crippen LogP) is 4.43. The molecule has 4 rings (SSSR count). The van der Waals surface area contributed by atoms with Gasteiger partial charge in [0.1, 0.15) is 0 Å². The fourth-order valence-electron chi connectivity index (χ4n) is 3.67. The van der Waals surface area contributed by atoms with Gasteiger partial charge in [-0.3, -0.25) is 9.48 Å². The first-order chi connectivity index (χ1) is 16.3. The number of amides is 1. The van der Waals surface area contributed by atoms with E-state index in [1.807, 2.05) is 17.8 Å². The first-order valence-corrected chi connectivity index (χ1v) is 11.0. The van der Waals surface area contributed by atoms with Crippen LogP contribution >= 0.6 is 0 Å². The molecule has 1 aliphatic rings. The molecule has 0 saturated carbocycles. The maximum atomic E-state index is 12.3. The number of aromatic nitrogens is 4. The summed E-state index contributed by atoms with van der Waals surface area (Å²) < 4.78 is 44.1.